The predicted molar refractivity (Wildman–Crippen MR) is 104 cm³/mol. The number of pyridine rings is 1. The van der Waals surface area contributed by atoms with E-state index in [0.717, 1.165) is 24.5 Å². The van der Waals surface area contributed by atoms with E-state index in [4.69, 9.17) is 9.40 Å². The number of aryl methyl sites for hydroxylation is 2. The van der Waals surface area contributed by atoms with Gasteiger partial charge < -0.3 is 16.8 Å². The van der Waals surface area contributed by atoms with E-state index < -0.39 is 0 Å². The summed E-state index contributed by atoms with van der Waals surface area (Å²) < 4.78 is 5.92. The first-order valence-corrected chi connectivity index (χ1v) is 10.6. The molecule has 0 amide bonds. The van der Waals surface area contributed by atoms with E-state index in [9.17, 15) is 0 Å². The van der Waals surface area contributed by atoms with Crippen LogP contribution in [0.1, 0.15) is 60.7 Å². The van der Waals surface area contributed by atoms with Gasteiger partial charge in [-0.25, -0.2) is 4.98 Å². The Bertz CT molecular complexity index is 912. The third kappa shape index (κ3) is 2.99. The zero-order chi connectivity index (χ0) is 16.8. The highest BCUT2D eigenvalue weighted by molar-refractivity contribution is 7.19. The minimum Gasteiger partial charge on any atom is -1.00 e. The third-order valence-electron chi connectivity index (χ3n) is 5.99. The first-order chi connectivity index (χ1) is 12.3. The molecule has 0 fully saturated rings. The van der Waals surface area contributed by atoms with Gasteiger partial charge in [0.25, 0.3) is 0 Å². The molecule has 0 bridgehead atoms. The SMILES string of the molecule is CC1CCc2c(sc3nc4c(c(-c5ccco5)c23)CCCCCC4)C1.[Cl-]. The van der Waals surface area contributed by atoms with Gasteiger partial charge in [-0.15, -0.1) is 11.3 Å². The molecule has 1 unspecified atom stereocenters. The van der Waals surface area contributed by atoms with Crippen LogP contribution in [0.15, 0.2) is 22.8 Å². The van der Waals surface area contributed by atoms with Gasteiger partial charge >= 0.3 is 0 Å². The van der Waals surface area contributed by atoms with E-state index in [1.165, 1.54) is 72.0 Å². The van der Waals surface area contributed by atoms with Crippen molar-refractivity contribution < 1.29 is 16.8 Å². The van der Waals surface area contributed by atoms with Crippen molar-refractivity contribution in [3.05, 3.63) is 40.1 Å². The Morgan fingerprint density at radius 1 is 1.08 bits per heavy atom. The van der Waals surface area contributed by atoms with Crippen LogP contribution < -0.4 is 12.4 Å². The Balaban J connectivity index is 0.00000168. The lowest BCUT2D eigenvalue weighted by atomic mass is 9.85. The quantitative estimate of drug-likeness (QED) is 0.641. The fourth-order valence-electron chi connectivity index (χ4n) is 4.67. The van der Waals surface area contributed by atoms with Gasteiger partial charge in [0.15, 0.2) is 0 Å². The van der Waals surface area contributed by atoms with Gasteiger partial charge in [0, 0.05) is 21.5 Å². The second kappa shape index (κ2) is 7.36. The maximum Gasteiger partial charge on any atom is 0.134 e. The van der Waals surface area contributed by atoms with E-state index in [-0.39, 0.29) is 12.4 Å². The maximum absolute atomic E-state index is 5.92. The van der Waals surface area contributed by atoms with Crippen molar-refractivity contribution in [2.24, 2.45) is 5.92 Å². The lowest BCUT2D eigenvalue weighted by Crippen LogP contribution is -3.00. The molecule has 2 aliphatic rings. The average Bonchev–Trinajstić information content (AvgIpc) is 3.21. The molecular weight excluding hydrogens is 362 g/mol. The predicted octanol–water partition coefficient (Wildman–Crippen LogP) is 3.34. The summed E-state index contributed by atoms with van der Waals surface area (Å²) in [4.78, 5) is 8.03. The van der Waals surface area contributed by atoms with Crippen LogP contribution in [0.5, 0.6) is 0 Å². The molecule has 26 heavy (non-hydrogen) atoms. The molecule has 0 aromatic carbocycles. The smallest absolute Gasteiger partial charge is 0.134 e. The molecule has 3 aromatic rings. The van der Waals surface area contributed by atoms with Crippen LogP contribution in [0, 0.1) is 5.92 Å². The van der Waals surface area contributed by atoms with Crippen LogP contribution in [0.3, 0.4) is 0 Å². The van der Waals surface area contributed by atoms with Gasteiger partial charge in [0.2, 0.25) is 0 Å². The fourth-order valence-corrected chi connectivity index (χ4v) is 6.09. The first-order valence-electron chi connectivity index (χ1n) is 9.81. The second-order valence-electron chi connectivity index (χ2n) is 7.84. The lowest BCUT2D eigenvalue weighted by molar-refractivity contribution is -0.00000554. The highest BCUT2D eigenvalue weighted by Gasteiger charge is 2.27. The van der Waals surface area contributed by atoms with Crippen molar-refractivity contribution in [1.29, 1.82) is 0 Å². The lowest BCUT2D eigenvalue weighted by Gasteiger charge is -2.20. The highest BCUT2D eigenvalue weighted by atomic mass is 35.5. The number of thiophene rings is 1. The molecule has 2 nitrogen and oxygen atoms in total. The van der Waals surface area contributed by atoms with Crippen molar-refractivity contribution in [3.8, 4) is 11.3 Å². The molecule has 0 radical (unpaired) electrons. The first kappa shape index (κ1) is 18.1. The Morgan fingerprint density at radius 3 is 2.73 bits per heavy atom. The summed E-state index contributed by atoms with van der Waals surface area (Å²) in [7, 11) is 0. The van der Waals surface area contributed by atoms with Gasteiger partial charge in [0.05, 0.1) is 6.26 Å². The summed E-state index contributed by atoms with van der Waals surface area (Å²) in [6.07, 6.45) is 13.0. The average molecular weight is 387 g/mol. The van der Waals surface area contributed by atoms with Gasteiger partial charge in [0.1, 0.15) is 10.6 Å². The van der Waals surface area contributed by atoms with Crippen LogP contribution >= 0.6 is 11.3 Å². The largest absolute Gasteiger partial charge is 1.00 e. The number of hydrogen-bond acceptors (Lipinski definition) is 3. The summed E-state index contributed by atoms with van der Waals surface area (Å²) in [5.74, 6) is 1.84. The maximum atomic E-state index is 5.92. The molecule has 3 aromatic heterocycles. The number of fused-ring (bicyclic) bond motifs is 4. The molecule has 4 heteroatoms. The van der Waals surface area contributed by atoms with E-state index in [1.807, 2.05) is 23.7 Å². The molecule has 138 valence electrons. The molecule has 0 spiro atoms. The fraction of sp³-hybridized carbons (Fsp3) is 0.500. The molecule has 0 aliphatic heterocycles. The summed E-state index contributed by atoms with van der Waals surface area (Å²) >= 11 is 1.95. The molecule has 1 atom stereocenters. The number of aromatic nitrogens is 1. The Morgan fingerprint density at radius 2 is 1.92 bits per heavy atom. The van der Waals surface area contributed by atoms with Crippen LogP contribution in [0.2, 0.25) is 0 Å². The Hall–Kier alpha value is -1.32. The monoisotopic (exact) mass is 386 g/mol. The number of rotatable bonds is 1. The highest BCUT2D eigenvalue weighted by Crippen LogP contribution is 2.44. The van der Waals surface area contributed by atoms with Gasteiger partial charge in [-0.05, 0) is 74.1 Å². The Labute approximate surface area is 165 Å². The van der Waals surface area contributed by atoms with Crippen LogP contribution in [0.25, 0.3) is 21.5 Å². The minimum atomic E-state index is 0. The number of furan rings is 1. The van der Waals surface area contributed by atoms with Gasteiger partial charge in [-0.2, -0.15) is 0 Å². The van der Waals surface area contributed by atoms with Crippen molar-refractivity contribution >= 4 is 21.6 Å². The standard InChI is InChI=1S/C22H25NOS.ClH/c1-14-10-11-16-19(13-14)25-22-21(16)20(18-9-6-12-24-18)15-7-4-2-3-5-8-17(15)23-22;/h6,9,12,14H,2-5,7-8,10-11,13H2,1H3;1H/p-1. The van der Waals surface area contributed by atoms with Crippen molar-refractivity contribution in [2.75, 3.05) is 0 Å². The zero-order valence-corrected chi connectivity index (χ0v) is 16.9. The van der Waals surface area contributed by atoms with E-state index in [0.29, 0.717) is 0 Å². The summed E-state index contributed by atoms with van der Waals surface area (Å²) in [6.45, 7) is 2.38. The van der Waals surface area contributed by atoms with E-state index in [1.54, 1.807) is 10.4 Å². The van der Waals surface area contributed by atoms with Gasteiger partial charge in [-0.1, -0.05) is 19.8 Å². The number of nitrogens with zero attached hydrogens (tertiary/aromatic N) is 1. The van der Waals surface area contributed by atoms with Crippen LogP contribution in [0.4, 0.5) is 0 Å². The number of hydrogen-bond donors (Lipinski definition) is 0. The molecule has 5 rings (SSSR count). The van der Waals surface area contributed by atoms with Crippen molar-refractivity contribution in [2.45, 2.75) is 64.7 Å². The van der Waals surface area contributed by atoms with Crippen molar-refractivity contribution in [3.63, 3.8) is 0 Å². The normalized spacial score (nSPS) is 20.0. The van der Waals surface area contributed by atoms with Crippen LogP contribution in [-0.4, -0.2) is 4.98 Å². The van der Waals surface area contributed by atoms with Crippen LogP contribution in [-0.2, 0) is 25.7 Å². The summed E-state index contributed by atoms with van der Waals surface area (Å²) in [5.41, 5.74) is 5.76. The molecule has 0 saturated carbocycles. The zero-order valence-electron chi connectivity index (χ0n) is 15.3. The molecule has 0 N–H and O–H groups in total. The minimum absolute atomic E-state index is 0. The topological polar surface area (TPSA) is 26.0 Å². The number of halogens is 1. The Kier molecular flexibility index (Phi) is 5.11. The molecule has 2 aliphatic carbocycles. The molecular formula is C22H25ClNOS-. The van der Waals surface area contributed by atoms with E-state index in [2.05, 4.69) is 13.0 Å². The van der Waals surface area contributed by atoms with Crippen molar-refractivity contribution in [1.82, 2.24) is 4.98 Å². The summed E-state index contributed by atoms with van der Waals surface area (Å²) in [6, 6.07) is 4.17. The van der Waals surface area contributed by atoms with Gasteiger partial charge in [-0.3, -0.25) is 0 Å². The second-order valence-corrected chi connectivity index (χ2v) is 8.92. The van der Waals surface area contributed by atoms with E-state index >= 15 is 0 Å². The molecule has 3 heterocycles. The summed E-state index contributed by atoms with van der Waals surface area (Å²) in [5, 5.41) is 1.42. The third-order valence-corrected chi connectivity index (χ3v) is 7.14. The molecule has 0 saturated heterocycles.